The number of imidazole rings is 1. The fourth-order valence-electron chi connectivity index (χ4n) is 0.536. The molecule has 1 aromatic heterocycles. The Morgan fingerprint density at radius 1 is 1.89 bits per heavy atom. The maximum atomic E-state index is 10.5. The lowest BCUT2D eigenvalue weighted by molar-refractivity contribution is -0.613. The van der Waals surface area contributed by atoms with Gasteiger partial charge in [0.2, 0.25) is 0 Å². The third-order valence-corrected chi connectivity index (χ3v) is 0.910. The predicted octanol–water partition coefficient (Wildman–Crippen LogP) is -0.633. The van der Waals surface area contributed by atoms with E-state index in [0.29, 0.717) is 9.46 Å². The van der Waals surface area contributed by atoms with Gasteiger partial charge in [-0.05, 0) is 4.73 Å². The highest BCUT2D eigenvalue weighted by molar-refractivity contribution is 4.84. The average molecular weight is 130 g/mol. The SMILES string of the molecule is COc1n(O)cc[n+]1[O-]. The number of methoxy groups -OCH3 is 1. The van der Waals surface area contributed by atoms with Gasteiger partial charge in [0, 0.05) is 0 Å². The summed E-state index contributed by atoms with van der Waals surface area (Å²) in [7, 11) is 1.30. The quantitative estimate of drug-likeness (QED) is 0.312. The molecule has 5 nitrogen and oxygen atoms in total. The molecular formula is C4H6N2O3. The number of nitrogens with zero attached hydrogens (tertiary/aromatic N) is 2. The minimum atomic E-state index is -0.144. The summed E-state index contributed by atoms with van der Waals surface area (Å²) >= 11 is 0. The van der Waals surface area contributed by atoms with E-state index in [1.54, 1.807) is 0 Å². The molecule has 0 saturated carbocycles. The Morgan fingerprint density at radius 3 is 2.78 bits per heavy atom. The van der Waals surface area contributed by atoms with Crippen molar-refractivity contribution in [3.63, 3.8) is 0 Å². The fourth-order valence-corrected chi connectivity index (χ4v) is 0.536. The van der Waals surface area contributed by atoms with Gasteiger partial charge >= 0.3 is 6.01 Å². The highest BCUT2D eigenvalue weighted by atomic mass is 16.6. The van der Waals surface area contributed by atoms with Crippen LogP contribution in [0.25, 0.3) is 0 Å². The van der Waals surface area contributed by atoms with E-state index in [1.165, 1.54) is 13.3 Å². The second-order valence-corrected chi connectivity index (χ2v) is 1.46. The van der Waals surface area contributed by atoms with Gasteiger partial charge in [0.1, 0.15) is 6.20 Å². The largest absolute Gasteiger partial charge is 0.708 e. The van der Waals surface area contributed by atoms with Crippen molar-refractivity contribution in [1.29, 1.82) is 0 Å². The van der Waals surface area contributed by atoms with E-state index in [2.05, 4.69) is 4.74 Å². The smallest absolute Gasteiger partial charge is 0.498 e. The number of ether oxygens (including phenoxy) is 1. The summed E-state index contributed by atoms with van der Waals surface area (Å²) in [5, 5.41) is 19.2. The highest BCUT2D eigenvalue weighted by Crippen LogP contribution is 1.97. The molecular weight excluding hydrogens is 124 g/mol. The molecule has 5 heteroatoms. The maximum absolute atomic E-state index is 10.5. The Hall–Kier alpha value is -1.39. The summed E-state index contributed by atoms with van der Waals surface area (Å²) in [6.45, 7) is 0. The summed E-state index contributed by atoms with van der Waals surface area (Å²) in [4.78, 5) is 0. The first-order valence-corrected chi connectivity index (χ1v) is 2.29. The van der Waals surface area contributed by atoms with Crippen LogP contribution in [0.1, 0.15) is 0 Å². The summed E-state index contributed by atoms with van der Waals surface area (Å²) < 4.78 is 5.50. The van der Waals surface area contributed by atoms with Gasteiger partial charge in [-0.3, -0.25) is 0 Å². The van der Waals surface area contributed by atoms with Gasteiger partial charge in [-0.15, -0.1) is 0 Å². The van der Waals surface area contributed by atoms with Crippen molar-refractivity contribution in [3.05, 3.63) is 17.6 Å². The molecule has 50 valence electrons. The van der Waals surface area contributed by atoms with Crippen LogP contribution in [-0.2, 0) is 0 Å². The average Bonchev–Trinajstić information content (AvgIpc) is 2.12. The molecule has 0 amide bonds. The van der Waals surface area contributed by atoms with Gasteiger partial charge in [0.05, 0.1) is 7.11 Å². The first kappa shape index (κ1) is 5.74. The molecule has 0 spiro atoms. The summed E-state index contributed by atoms with van der Waals surface area (Å²) in [5.41, 5.74) is 0. The molecule has 0 unspecified atom stereocenters. The van der Waals surface area contributed by atoms with Crippen molar-refractivity contribution >= 4 is 0 Å². The minimum Gasteiger partial charge on any atom is -0.708 e. The zero-order valence-electron chi connectivity index (χ0n) is 4.81. The van der Waals surface area contributed by atoms with Crippen molar-refractivity contribution in [1.82, 2.24) is 4.73 Å². The van der Waals surface area contributed by atoms with Crippen LogP contribution in [0.5, 0.6) is 6.01 Å². The van der Waals surface area contributed by atoms with Gasteiger partial charge in [0.25, 0.3) is 0 Å². The summed E-state index contributed by atoms with van der Waals surface area (Å²) in [5.74, 6) is 0. The van der Waals surface area contributed by atoms with Crippen molar-refractivity contribution in [2.24, 2.45) is 0 Å². The second-order valence-electron chi connectivity index (χ2n) is 1.46. The number of rotatable bonds is 1. The number of aromatic nitrogens is 2. The highest BCUT2D eigenvalue weighted by Gasteiger charge is 2.10. The van der Waals surface area contributed by atoms with Crippen LogP contribution in [0.15, 0.2) is 12.4 Å². The van der Waals surface area contributed by atoms with E-state index >= 15 is 0 Å². The van der Waals surface area contributed by atoms with Crippen LogP contribution in [0.2, 0.25) is 0 Å². The molecule has 0 radical (unpaired) electrons. The van der Waals surface area contributed by atoms with Crippen LogP contribution < -0.4 is 9.47 Å². The van der Waals surface area contributed by atoms with E-state index in [-0.39, 0.29) is 6.01 Å². The van der Waals surface area contributed by atoms with Gasteiger partial charge in [-0.1, -0.05) is 0 Å². The van der Waals surface area contributed by atoms with Gasteiger partial charge in [-0.25, -0.2) is 0 Å². The molecule has 0 fully saturated rings. The summed E-state index contributed by atoms with van der Waals surface area (Å²) in [6.07, 6.45) is 2.32. The van der Waals surface area contributed by atoms with Gasteiger partial charge < -0.3 is 15.2 Å². The second kappa shape index (κ2) is 1.85. The van der Waals surface area contributed by atoms with Crippen molar-refractivity contribution in [2.45, 2.75) is 0 Å². The lowest BCUT2D eigenvalue weighted by Crippen LogP contribution is -2.25. The van der Waals surface area contributed by atoms with E-state index in [0.717, 1.165) is 6.20 Å². The van der Waals surface area contributed by atoms with E-state index in [9.17, 15) is 5.21 Å². The molecule has 1 rings (SSSR count). The molecule has 1 aromatic rings. The third-order valence-electron chi connectivity index (χ3n) is 0.910. The molecule has 0 saturated heterocycles. The van der Waals surface area contributed by atoms with Crippen molar-refractivity contribution in [3.8, 4) is 6.01 Å². The van der Waals surface area contributed by atoms with Crippen LogP contribution in [0.4, 0.5) is 0 Å². The molecule has 0 atom stereocenters. The summed E-state index contributed by atoms with van der Waals surface area (Å²) in [6, 6.07) is -0.144. The number of hydrogen-bond acceptors (Lipinski definition) is 3. The van der Waals surface area contributed by atoms with Gasteiger partial charge in [-0.2, -0.15) is 4.73 Å². The zero-order chi connectivity index (χ0) is 6.85. The van der Waals surface area contributed by atoms with Crippen LogP contribution in [0.3, 0.4) is 0 Å². The van der Waals surface area contributed by atoms with E-state index < -0.39 is 0 Å². The van der Waals surface area contributed by atoms with Crippen LogP contribution in [0, 0.1) is 5.21 Å². The monoisotopic (exact) mass is 130 g/mol. The molecule has 1 heterocycles. The normalized spacial score (nSPS) is 9.44. The molecule has 0 aliphatic carbocycles. The Bertz CT molecular complexity index is 188. The Kier molecular flexibility index (Phi) is 1.18. The molecule has 0 aromatic carbocycles. The van der Waals surface area contributed by atoms with Gasteiger partial charge in [0.15, 0.2) is 6.20 Å². The molecule has 1 N–H and O–H groups in total. The lowest BCUT2D eigenvalue weighted by Gasteiger charge is -1.97. The maximum Gasteiger partial charge on any atom is 0.498 e. The standard InChI is InChI=1S/C4H6N2O3/c1-9-4-5(7)2-3-6(4)8/h2-3,7H,1H3. The minimum absolute atomic E-state index is 0.144. The Balaban J connectivity index is 3.07. The fraction of sp³-hybridized carbons (Fsp3) is 0.250. The third kappa shape index (κ3) is 0.758. The van der Waals surface area contributed by atoms with Crippen LogP contribution in [-0.4, -0.2) is 17.0 Å². The lowest BCUT2D eigenvalue weighted by atomic mass is 11.0. The molecule has 0 bridgehead atoms. The Morgan fingerprint density at radius 2 is 2.56 bits per heavy atom. The molecule has 0 aliphatic heterocycles. The predicted molar refractivity (Wildman–Crippen MR) is 27.1 cm³/mol. The van der Waals surface area contributed by atoms with E-state index in [4.69, 9.17) is 5.21 Å². The topological polar surface area (TPSA) is 61.3 Å². The first-order valence-electron chi connectivity index (χ1n) is 2.29. The zero-order valence-corrected chi connectivity index (χ0v) is 4.81. The van der Waals surface area contributed by atoms with E-state index in [1.807, 2.05) is 0 Å². The Labute approximate surface area is 51.3 Å². The van der Waals surface area contributed by atoms with Crippen LogP contribution >= 0.6 is 0 Å². The van der Waals surface area contributed by atoms with Crippen molar-refractivity contribution in [2.75, 3.05) is 7.11 Å². The molecule has 0 aliphatic rings. The number of hydrogen-bond donors (Lipinski definition) is 1. The first-order chi connectivity index (χ1) is 4.25. The molecule has 9 heavy (non-hydrogen) atoms. The van der Waals surface area contributed by atoms with Crippen molar-refractivity contribution < 1.29 is 14.7 Å².